The summed E-state index contributed by atoms with van der Waals surface area (Å²) < 4.78 is 13.3. The van der Waals surface area contributed by atoms with Gasteiger partial charge in [-0.15, -0.1) is 0 Å². The smallest absolute Gasteiger partial charge is 0.126 e. The third kappa shape index (κ3) is 7.31. The van der Waals surface area contributed by atoms with E-state index in [0.717, 1.165) is 38.5 Å². The molecule has 0 spiro atoms. The van der Waals surface area contributed by atoms with Gasteiger partial charge in [-0.05, 0) is 12.8 Å². The highest BCUT2D eigenvalue weighted by Crippen LogP contribution is 2.15. The summed E-state index contributed by atoms with van der Waals surface area (Å²) in [6.07, 6.45) is 5.69. The molecule has 0 radical (unpaired) electrons. The quantitative estimate of drug-likeness (QED) is 0.566. The van der Waals surface area contributed by atoms with Crippen molar-refractivity contribution in [2.24, 2.45) is 0 Å². The van der Waals surface area contributed by atoms with Crippen molar-refractivity contribution in [3.8, 4) is 0 Å². The first kappa shape index (κ1) is 13.9. The fourth-order valence-corrected chi connectivity index (χ4v) is 1.57. The summed E-state index contributed by atoms with van der Waals surface area (Å²) in [5, 5.41) is 9.47. The third-order valence-corrected chi connectivity index (χ3v) is 2.60. The lowest BCUT2D eigenvalue weighted by Crippen LogP contribution is -2.21. The van der Waals surface area contributed by atoms with Crippen molar-refractivity contribution in [1.29, 1.82) is 0 Å². The molecule has 0 aromatic carbocycles. The molecule has 0 aliphatic heterocycles. The van der Waals surface area contributed by atoms with Gasteiger partial charge in [0.2, 0.25) is 0 Å². The Morgan fingerprint density at radius 2 is 1.43 bits per heavy atom. The minimum absolute atomic E-state index is 0.529. The van der Waals surface area contributed by atoms with Gasteiger partial charge in [-0.3, -0.25) is 0 Å². The van der Waals surface area contributed by atoms with E-state index in [2.05, 4.69) is 13.8 Å². The predicted molar refractivity (Wildman–Crippen MR) is 59.2 cm³/mol. The predicted octanol–water partition coefficient (Wildman–Crippen LogP) is 3.85. The van der Waals surface area contributed by atoms with Crippen LogP contribution in [-0.4, -0.2) is 17.4 Å². The van der Waals surface area contributed by atoms with E-state index in [1.165, 1.54) is 0 Å². The fourth-order valence-electron chi connectivity index (χ4n) is 1.57. The first-order valence-electron chi connectivity index (χ1n) is 6.04. The van der Waals surface area contributed by atoms with Crippen LogP contribution in [0.15, 0.2) is 0 Å². The van der Waals surface area contributed by atoms with E-state index in [-0.39, 0.29) is 0 Å². The van der Waals surface area contributed by atoms with E-state index in [1.54, 1.807) is 0 Å². The number of halogens is 1. The summed E-state index contributed by atoms with van der Waals surface area (Å²) in [4.78, 5) is 0. The average Bonchev–Trinajstić information content (AvgIpc) is 2.18. The molecule has 0 aromatic heterocycles. The number of alkyl halides is 1. The molecule has 86 valence electrons. The second-order valence-corrected chi connectivity index (χ2v) is 4.07. The largest absolute Gasteiger partial charge is 0.390 e. The second-order valence-electron chi connectivity index (χ2n) is 4.07. The van der Waals surface area contributed by atoms with Crippen LogP contribution in [0.4, 0.5) is 4.39 Å². The number of hydrogen-bond donors (Lipinski definition) is 1. The minimum Gasteiger partial charge on any atom is -0.390 e. The highest BCUT2D eigenvalue weighted by atomic mass is 19.1. The molecule has 0 fully saturated rings. The van der Waals surface area contributed by atoms with Crippen LogP contribution in [0.1, 0.15) is 65.2 Å². The molecule has 1 nitrogen and oxygen atoms in total. The Morgan fingerprint density at radius 3 is 1.93 bits per heavy atom. The molecule has 0 rings (SSSR count). The molecular weight excluding hydrogens is 179 g/mol. The fraction of sp³-hybridized carbons (Fsp3) is 1.00. The van der Waals surface area contributed by atoms with Gasteiger partial charge in [0, 0.05) is 0 Å². The standard InChI is InChI=1S/C12H25FO/c1-3-5-7-9-11(13)12(14)10-8-6-4-2/h11-12,14H,3-10H2,1-2H3/t11-,12?/m0/s1. The molecule has 0 bridgehead atoms. The number of aliphatic hydroxyl groups is 1. The van der Waals surface area contributed by atoms with Crippen LogP contribution in [0.5, 0.6) is 0 Å². The number of hydrogen-bond acceptors (Lipinski definition) is 1. The van der Waals surface area contributed by atoms with Crippen LogP contribution in [0.25, 0.3) is 0 Å². The maximum Gasteiger partial charge on any atom is 0.126 e. The van der Waals surface area contributed by atoms with E-state index in [1.807, 2.05) is 0 Å². The Labute approximate surface area is 87.7 Å². The lowest BCUT2D eigenvalue weighted by molar-refractivity contribution is 0.0623. The molecule has 0 saturated heterocycles. The first-order valence-corrected chi connectivity index (χ1v) is 6.04. The van der Waals surface area contributed by atoms with Crippen LogP contribution >= 0.6 is 0 Å². The van der Waals surface area contributed by atoms with Crippen molar-refractivity contribution in [2.45, 2.75) is 77.5 Å². The number of rotatable bonds is 9. The highest BCUT2D eigenvalue weighted by molar-refractivity contribution is 4.67. The van der Waals surface area contributed by atoms with E-state index in [0.29, 0.717) is 12.8 Å². The van der Waals surface area contributed by atoms with Crippen molar-refractivity contribution in [3.63, 3.8) is 0 Å². The summed E-state index contributed by atoms with van der Waals surface area (Å²) in [6.45, 7) is 4.21. The molecule has 14 heavy (non-hydrogen) atoms. The van der Waals surface area contributed by atoms with E-state index in [9.17, 15) is 9.50 Å². The van der Waals surface area contributed by atoms with Gasteiger partial charge in [0.15, 0.2) is 0 Å². The van der Waals surface area contributed by atoms with Gasteiger partial charge < -0.3 is 5.11 Å². The Hall–Kier alpha value is -0.110. The van der Waals surface area contributed by atoms with Gasteiger partial charge in [0.25, 0.3) is 0 Å². The monoisotopic (exact) mass is 204 g/mol. The van der Waals surface area contributed by atoms with Gasteiger partial charge in [0.05, 0.1) is 6.10 Å². The van der Waals surface area contributed by atoms with Crippen LogP contribution in [0.3, 0.4) is 0 Å². The zero-order chi connectivity index (χ0) is 10.8. The number of unbranched alkanes of at least 4 members (excludes halogenated alkanes) is 4. The van der Waals surface area contributed by atoms with Gasteiger partial charge in [0.1, 0.15) is 6.17 Å². The Bertz CT molecular complexity index is 103. The Balaban J connectivity index is 3.39. The Morgan fingerprint density at radius 1 is 0.929 bits per heavy atom. The topological polar surface area (TPSA) is 20.2 Å². The van der Waals surface area contributed by atoms with E-state index >= 15 is 0 Å². The lowest BCUT2D eigenvalue weighted by atomic mass is 10.0. The summed E-state index contributed by atoms with van der Waals surface area (Å²) >= 11 is 0. The molecular formula is C12H25FO. The second kappa shape index (κ2) is 9.45. The molecule has 2 heteroatoms. The summed E-state index contributed by atoms with van der Waals surface area (Å²) in [7, 11) is 0. The van der Waals surface area contributed by atoms with Gasteiger partial charge in [-0.2, -0.15) is 0 Å². The normalized spacial score (nSPS) is 15.4. The molecule has 0 aromatic rings. The third-order valence-electron chi connectivity index (χ3n) is 2.60. The van der Waals surface area contributed by atoms with Crippen molar-refractivity contribution in [2.75, 3.05) is 0 Å². The van der Waals surface area contributed by atoms with Gasteiger partial charge >= 0.3 is 0 Å². The van der Waals surface area contributed by atoms with Gasteiger partial charge in [-0.25, -0.2) is 4.39 Å². The lowest BCUT2D eigenvalue weighted by Gasteiger charge is -2.15. The molecule has 0 saturated carbocycles. The maximum absolute atomic E-state index is 13.3. The minimum atomic E-state index is -1.00. The van der Waals surface area contributed by atoms with Crippen LogP contribution in [-0.2, 0) is 0 Å². The molecule has 0 aliphatic carbocycles. The van der Waals surface area contributed by atoms with E-state index < -0.39 is 12.3 Å². The maximum atomic E-state index is 13.3. The van der Waals surface area contributed by atoms with Crippen LogP contribution < -0.4 is 0 Å². The van der Waals surface area contributed by atoms with Crippen molar-refractivity contribution >= 4 is 0 Å². The SMILES string of the molecule is CCCCCC(O)[C@@H](F)CCCCC. The van der Waals surface area contributed by atoms with Crippen molar-refractivity contribution in [1.82, 2.24) is 0 Å². The van der Waals surface area contributed by atoms with E-state index in [4.69, 9.17) is 0 Å². The molecule has 1 N–H and O–H groups in total. The molecule has 2 atom stereocenters. The highest BCUT2D eigenvalue weighted by Gasteiger charge is 2.16. The molecule has 0 aliphatic rings. The summed E-state index contributed by atoms with van der Waals surface area (Å²) in [5.41, 5.74) is 0. The number of aliphatic hydroxyl groups excluding tert-OH is 1. The molecule has 1 unspecified atom stereocenters. The zero-order valence-corrected chi connectivity index (χ0v) is 9.64. The zero-order valence-electron chi connectivity index (χ0n) is 9.64. The van der Waals surface area contributed by atoms with Gasteiger partial charge in [-0.1, -0.05) is 52.4 Å². The van der Waals surface area contributed by atoms with Crippen LogP contribution in [0, 0.1) is 0 Å². The van der Waals surface area contributed by atoms with Crippen LogP contribution in [0.2, 0.25) is 0 Å². The van der Waals surface area contributed by atoms with Crippen molar-refractivity contribution < 1.29 is 9.50 Å². The summed E-state index contributed by atoms with van der Waals surface area (Å²) in [6, 6.07) is 0. The summed E-state index contributed by atoms with van der Waals surface area (Å²) in [5.74, 6) is 0. The Kier molecular flexibility index (Phi) is 9.37. The first-order chi connectivity index (χ1) is 6.72. The molecule has 0 heterocycles. The molecule has 0 amide bonds. The van der Waals surface area contributed by atoms with Crippen molar-refractivity contribution in [3.05, 3.63) is 0 Å². The average molecular weight is 204 g/mol.